The van der Waals surface area contributed by atoms with Gasteiger partial charge in [-0.25, -0.2) is 4.79 Å². The lowest BCUT2D eigenvalue weighted by molar-refractivity contribution is -0.147. The first-order chi connectivity index (χ1) is 13.4. The van der Waals surface area contributed by atoms with Gasteiger partial charge in [0, 0.05) is 31.6 Å². The first kappa shape index (κ1) is 18.8. The lowest BCUT2D eigenvalue weighted by Crippen LogP contribution is -2.54. The second kappa shape index (κ2) is 7.11. The third kappa shape index (κ3) is 3.23. The highest BCUT2D eigenvalue weighted by molar-refractivity contribution is 5.90. The van der Waals surface area contributed by atoms with Crippen LogP contribution in [-0.2, 0) is 26.3 Å². The Labute approximate surface area is 164 Å². The number of nitrogens with zero attached hydrogens (tertiary/aromatic N) is 2. The Morgan fingerprint density at radius 2 is 1.86 bits per heavy atom. The zero-order chi connectivity index (χ0) is 19.9. The van der Waals surface area contributed by atoms with Gasteiger partial charge in [-0.3, -0.25) is 9.59 Å². The van der Waals surface area contributed by atoms with Gasteiger partial charge in [0.05, 0.1) is 18.4 Å². The van der Waals surface area contributed by atoms with Gasteiger partial charge in [0.1, 0.15) is 0 Å². The molecular weight excluding hydrogens is 360 g/mol. The van der Waals surface area contributed by atoms with Crippen molar-refractivity contribution in [2.75, 3.05) is 26.2 Å². The van der Waals surface area contributed by atoms with Gasteiger partial charge >= 0.3 is 12.1 Å². The number of ether oxygens (including phenoxy) is 1. The molecule has 7 nitrogen and oxygen atoms in total. The quantitative estimate of drug-likeness (QED) is 0.805. The summed E-state index contributed by atoms with van der Waals surface area (Å²) in [4.78, 5) is 39.7. The zero-order valence-corrected chi connectivity index (χ0v) is 16.1. The molecule has 1 aromatic rings. The molecular formula is C21H26N2O5. The van der Waals surface area contributed by atoms with Gasteiger partial charge in [-0.2, -0.15) is 0 Å². The predicted octanol–water partition coefficient (Wildman–Crippen LogP) is 2.24. The molecule has 0 unspecified atom stereocenters. The van der Waals surface area contributed by atoms with E-state index in [0.29, 0.717) is 52.0 Å². The minimum absolute atomic E-state index is 0.0209. The number of fused-ring (bicyclic) bond motifs is 2. The molecule has 1 saturated heterocycles. The number of carboxylic acid groups (broad SMARTS) is 1. The van der Waals surface area contributed by atoms with Crippen LogP contribution in [0, 0.1) is 11.8 Å². The molecule has 2 atom stereocenters. The fourth-order valence-corrected chi connectivity index (χ4v) is 4.81. The minimum Gasteiger partial charge on any atom is -0.466 e. The summed E-state index contributed by atoms with van der Waals surface area (Å²) in [7, 11) is 0. The molecule has 1 spiro atoms. The summed E-state index contributed by atoms with van der Waals surface area (Å²) in [6.07, 6.45) is 1.08. The largest absolute Gasteiger partial charge is 0.466 e. The normalized spacial score (nSPS) is 25.2. The van der Waals surface area contributed by atoms with Crippen LogP contribution in [-0.4, -0.2) is 59.1 Å². The molecule has 2 fully saturated rings. The van der Waals surface area contributed by atoms with E-state index in [-0.39, 0.29) is 29.1 Å². The second-order valence-corrected chi connectivity index (χ2v) is 8.10. The van der Waals surface area contributed by atoms with Gasteiger partial charge in [-0.15, -0.1) is 0 Å². The SMILES string of the molecule is CCOC(=O)[C@@H]1C[C@H]1C(=O)N1Cc2ccccc2C2(CCN(C(=O)O)CC2)C1. The fourth-order valence-electron chi connectivity index (χ4n) is 4.81. The van der Waals surface area contributed by atoms with Gasteiger partial charge < -0.3 is 19.6 Å². The molecule has 1 aliphatic carbocycles. The van der Waals surface area contributed by atoms with Crippen molar-refractivity contribution in [3.63, 3.8) is 0 Å². The van der Waals surface area contributed by atoms with E-state index in [2.05, 4.69) is 12.1 Å². The van der Waals surface area contributed by atoms with Crippen molar-refractivity contribution >= 4 is 18.0 Å². The molecule has 0 bridgehead atoms. The van der Waals surface area contributed by atoms with Crippen LogP contribution in [0.25, 0.3) is 0 Å². The maximum atomic E-state index is 13.1. The Balaban J connectivity index is 1.54. The molecule has 2 amide bonds. The molecule has 3 aliphatic rings. The smallest absolute Gasteiger partial charge is 0.407 e. The summed E-state index contributed by atoms with van der Waals surface area (Å²) in [5.74, 6) is -0.842. The van der Waals surface area contributed by atoms with E-state index in [4.69, 9.17) is 4.74 Å². The van der Waals surface area contributed by atoms with Crippen LogP contribution in [0.5, 0.6) is 0 Å². The molecule has 1 N–H and O–H groups in total. The number of amides is 2. The summed E-state index contributed by atoms with van der Waals surface area (Å²) < 4.78 is 5.06. The number of likely N-dealkylation sites (tertiary alicyclic amines) is 1. The second-order valence-electron chi connectivity index (χ2n) is 8.10. The van der Waals surface area contributed by atoms with E-state index in [1.807, 2.05) is 17.0 Å². The summed E-state index contributed by atoms with van der Waals surface area (Å²) in [5, 5.41) is 9.28. The van der Waals surface area contributed by atoms with Crippen molar-refractivity contribution in [1.82, 2.24) is 9.80 Å². The molecule has 2 aliphatic heterocycles. The van der Waals surface area contributed by atoms with Crippen molar-refractivity contribution in [2.24, 2.45) is 11.8 Å². The highest BCUT2D eigenvalue weighted by Gasteiger charge is 2.52. The summed E-state index contributed by atoms with van der Waals surface area (Å²) in [5.41, 5.74) is 2.14. The van der Waals surface area contributed by atoms with E-state index in [0.717, 1.165) is 5.56 Å². The highest BCUT2D eigenvalue weighted by atomic mass is 16.5. The van der Waals surface area contributed by atoms with E-state index >= 15 is 0 Å². The molecule has 0 aromatic heterocycles. The Kier molecular flexibility index (Phi) is 4.77. The molecule has 1 aromatic carbocycles. The summed E-state index contributed by atoms with van der Waals surface area (Å²) >= 11 is 0. The minimum atomic E-state index is -0.887. The number of hydrogen-bond acceptors (Lipinski definition) is 4. The average Bonchev–Trinajstić information content (AvgIpc) is 3.49. The van der Waals surface area contributed by atoms with Crippen LogP contribution in [0.3, 0.4) is 0 Å². The monoisotopic (exact) mass is 386 g/mol. The standard InChI is InChI=1S/C21H26N2O5/c1-2-28-19(25)16-11-15(16)18(24)23-12-14-5-3-4-6-17(14)21(13-23)7-9-22(10-8-21)20(26)27/h3-6,15-16H,2,7-13H2,1H3,(H,26,27)/t15-,16-/m1/s1. The Morgan fingerprint density at radius 3 is 2.54 bits per heavy atom. The van der Waals surface area contributed by atoms with Crippen LogP contribution in [0.4, 0.5) is 4.79 Å². The number of esters is 1. The van der Waals surface area contributed by atoms with E-state index in [9.17, 15) is 19.5 Å². The van der Waals surface area contributed by atoms with Gasteiger partial charge in [0.2, 0.25) is 5.91 Å². The third-order valence-corrected chi connectivity index (χ3v) is 6.44. The number of benzene rings is 1. The van der Waals surface area contributed by atoms with E-state index in [1.165, 1.54) is 10.5 Å². The number of carbonyl (C=O) groups is 3. The van der Waals surface area contributed by atoms with Crippen LogP contribution in [0.1, 0.15) is 37.3 Å². The molecule has 1 saturated carbocycles. The Hall–Kier alpha value is -2.57. The molecule has 2 heterocycles. The summed E-state index contributed by atoms with van der Waals surface area (Å²) in [6.45, 7) is 4.18. The fraction of sp³-hybridized carbons (Fsp3) is 0.571. The van der Waals surface area contributed by atoms with Gasteiger partial charge in [0.15, 0.2) is 0 Å². The van der Waals surface area contributed by atoms with Gasteiger partial charge in [0.25, 0.3) is 0 Å². The van der Waals surface area contributed by atoms with Crippen LogP contribution >= 0.6 is 0 Å². The number of rotatable bonds is 3. The highest BCUT2D eigenvalue weighted by Crippen LogP contribution is 2.45. The molecule has 7 heteroatoms. The average molecular weight is 386 g/mol. The zero-order valence-electron chi connectivity index (χ0n) is 16.1. The van der Waals surface area contributed by atoms with Crippen molar-refractivity contribution in [3.05, 3.63) is 35.4 Å². The van der Waals surface area contributed by atoms with Crippen molar-refractivity contribution in [2.45, 2.75) is 38.1 Å². The number of carbonyl (C=O) groups excluding carboxylic acids is 2. The van der Waals surface area contributed by atoms with Crippen LogP contribution in [0.2, 0.25) is 0 Å². The first-order valence-corrected chi connectivity index (χ1v) is 9.97. The topological polar surface area (TPSA) is 87.2 Å². The summed E-state index contributed by atoms with van der Waals surface area (Å²) in [6, 6.07) is 8.16. The first-order valence-electron chi connectivity index (χ1n) is 9.97. The van der Waals surface area contributed by atoms with Crippen LogP contribution in [0.15, 0.2) is 24.3 Å². The van der Waals surface area contributed by atoms with E-state index in [1.54, 1.807) is 6.92 Å². The third-order valence-electron chi connectivity index (χ3n) is 6.44. The lowest BCUT2D eigenvalue weighted by atomic mass is 9.69. The Morgan fingerprint density at radius 1 is 1.14 bits per heavy atom. The maximum absolute atomic E-state index is 13.1. The Bertz CT molecular complexity index is 800. The molecule has 0 radical (unpaired) electrons. The van der Waals surface area contributed by atoms with Crippen molar-refractivity contribution < 1.29 is 24.2 Å². The molecule has 4 rings (SSSR count). The molecule has 150 valence electrons. The van der Waals surface area contributed by atoms with Crippen molar-refractivity contribution in [3.8, 4) is 0 Å². The van der Waals surface area contributed by atoms with Crippen LogP contribution < -0.4 is 0 Å². The van der Waals surface area contributed by atoms with E-state index < -0.39 is 6.09 Å². The number of hydrogen-bond donors (Lipinski definition) is 1. The predicted molar refractivity (Wildman–Crippen MR) is 101 cm³/mol. The maximum Gasteiger partial charge on any atom is 0.407 e. The van der Waals surface area contributed by atoms with Crippen molar-refractivity contribution in [1.29, 1.82) is 0 Å². The number of piperidine rings is 1. The van der Waals surface area contributed by atoms with Gasteiger partial charge in [-0.1, -0.05) is 24.3 Å². The van der Waals surface area contributed by atoms with Gasteiger partial charge in [-0.05, 0) is 37.3 Å². The lowest BCUT2D eigenvalue weighted by Gasteiger charge is -2.48. The molecule has 28 heavy (non-hydrogen) atoms.